The van der Waals surface area contributed by atoms with Gasteiger partial charge in [-0.1, -0.05) is 23.7 Å². The number of halogens is 1. The summed E-state index contributed by atoms with van der Waals surface area (Å²) in [5.41, 5.74) is 5.63. The van der Waals surface area contributed by atoms with E-state index in [2.05, 4.69) is 0 Å². The van der Waals surface area contributed by atoms with E-state index in [0.29, 0.717) is 11.0 Å². The van der Waals surface area contributed by atoms with Crippen LogP contribution in [0.1, 0.15) is 10.6 Å². The summed E-state index contributed by atoms with van der Waals surface area (Å²) < 4.78 is 5.15. The number of rotatable bonds is 1. The molecule has 1 aromatic heterocycles. The van der Waals surface area contributed by atoms with E-state index in [4.69, 9.17) is 21.8 Å². The first-order valence-corrected chi connectivity index (χ1v) is 4.05. The number of carbonyl (C=O) groups excluding carboxylic acids is 1. The zero-order valence-electron chi connectivity index (χ0n) is 6.58. The summed E-state index contributed by atoms with van der Waals surface area (Å²) in [4.78, 5) is 10.8. The van der Waals surface area contributed by atoms with Crippen LogP contribution < -0.4 is 5.73 Å². The zero-order chi connectivity index (χ0) is 9.42. The smallest absolute Gasteiger partial charge is 0.286 e. The fraction of sp³-hybridized carbons (Fsp3) is 0. The molecule has 0 unspecified atom stereocenters. The highest BCUT2D eigenvalue weighted by molar-refractivity contribution is 6.38. The molecule has 0 atom stereocenters. The molecule has 13 heavy (non-hydrogen) atoms. The van der Waals surface area contributed by atoms with Gasteiger partial charge in [-0.25, -0.2) is 0 Å². The first kappa shape index (κ1) is 8.13. The Morgan fingerprint density at radius 1 is 1.38 bits per heavy atom. The number of benzene rings is 1. The number of amides is 1. The van der Waals surface area contributed by atoms with Crippen molar-refractivity contribution < 1.29 is 9.21 Å². The average Bonchev–Trinajstić information content (AvgIpc) is 2.45. The van der Waals surface area contributed by atoms with E-state index >= 15 is 0 Å². The average molecular weight is 196 g/mol. The van der Waals surface area contributed by atoms with Crippen LogP contribution in [0, 0.1) is 0 Å². The Morgan fingerprint density at radius 2 is 2.08 bits per heavy atom. The molecule has 0 saturated heterocycles. The second kappa shape index (κ2) is 2.78. The topological polar surface area (TPSA) is 56.2 Å². The predicted molar refractivity (Wildman–Crippen MR) is 49.7 cm³/mol. The fourth-order valence-electron chi connectivity index (χ4n) is 1.17. The number of nitrogens with two attached hydrogens (primary N) is 1. The Labute approximate surface area is 79.1 Å². The molecule has 0 aliphatic heterocycles. The Balaban J connectivity index is 2.81. The molecule has 0 aliphatic carbocycles. The second-order valence-corrected chi connectivity index (χ2v) is 2.98. The molecular weight excluding hydrogens is 190 g/mol. The number of hydrogen-bond donors (Lipinski definition) is 1. The third-order valence-electron chi connectivity index (χ3n) is 1.76. The maximum atomic E-state index is 10.8. The van der Waals surface area contributed by atoms with Crippen molar-refractivity contribution in [3.8, 4) is 0 Å². The molecule has 0 aliphatic rings. The minimum atomic E-state index is -0.652. The van der Waals surface area contributed by atoms with Gasteiger partial charge in [-0.3, -0.25) is 4.79 Å². The van der Waals surface area contributed by atoms with Crippen molar-refractivity contribution in [1.29, 1.82) is 0 Å². The predicted octanol–water partition coefficient (Wildman–Crippen LogP) is 2.19. The zero-order valence-corrected chi connectivity index (χ0v) is 7.34. The van der Waals surface area contributed by atoms with Gasteiger partial charge in [0.15, 0.2) is 0 Å². The van der Waals surface area contributed by atoms with Gasteiger partial charge in [0.05, 0.1) is 5.02 Å². The molecule has 0 bridgehead atoms. The monoisotopic (exact) mass is 195 g/mol. The highest BCUT2D eigenvalue weighted by Crippen LogP contribution is 2.29. The van der Waals surface area contributed by atoms with Crippen LogP contribution in [0.25, 0.3) is 11.0 Å². The van der Waals surface area contributed by atoms with Gasteiger partial charge >= 0.3 is 0 Å². The second-order valence-electron chi connectivity index (χ2n) is 2.61. The molecule has 0 saturated carbocycles. The summed E-state index contributed by atoms with van der Waals surface area (Å²) in [5, 5.41) is 0.987. The van der Waals surface area contributed by atoms with Crippen LogP contribution in [0.2, 0.25) is 5.02 Å². The fourth-order valence-corrected chi connectivity index (χ4v) is 1.46. The van der Waals surface area contributed by atoms with Crippen molar-refractivity contribution in [2.24, 2.45) is 5.73 Å². The number of carbonyl (C=O) groups is 1. The van der Waals surface area contributed by atoms with Gasteiger partial charge in [0.2, 0.25) is 5.76 Å². The first-order valence-electron chi connectivity index (χ1n) is 3.67. The van der Waals surface area contributed by atoms with Crippen LogP contribution in [-0.4, -0.2) is 5.91 Å². The lowest BCUT2D eigenvalue weighted by atomic mass is 10.2. The quantitative estimate of drug-likeness (QED) is 0.758. The molecule has 2 N–H and O–H groups in total. The van der Waals surface area contributed by atoms with Gasteiger partial charge in [0.25, 0.3) is 5.91 Å². The molecule has 1 amide bonds. The Bertz CT molecular complexity index is 475. The van der Waals surface area contributed by atoms with E-state index in [-0.39, 0.29) is 10.8 Å². The molecule has 0 fully saturated rings. The number of primary amides is 1. The molecule has 66 valence electrons. The minimum Gasteiger partial charge on any atom is -0.449 e. The molecule has 2 rings (SSSR count). The third kappa shape index (κ3) is 1.17. The summed E-state index contributed by atoms with van der Waals surface area (Å²) in [6.07, 6.45) is 0. The van der Waals surface area contributed by atoms with Gasteiger partial charge in [0, 0.05) is 5.39 Å². The van der Waals surface area contributed by atoms with Crippen LogP contribution in [0.5, 0.6) is 0 Å². The minimum absolute atomic E-state index is 0.0165. The van der Waals surface area contributed by atoms with Gasteiger partial charge in [0.1, 0.15) is 5.58 Å². The Morgan fingerprint density at radius 3 is 2.69 bits per heavy atom. The normalized spacial score (nSPS) is 10.5. The molecule has 4 heteroatoms. The summed E-state index contributed by atoms with van der Waals surface area (Å²) in [6.45, 7) is 0. The van der Waals surface area contributed by atoms with Gasteiger partial charge in [-0.2, -0.15) is 0 Å². The van der Waals surface area contributed by atoms with Gasteiger partial charge < -0.3 is 10.2 Å². The van der Waals surface area contributed by atoms with Crippen LogP contribution in [-0.2, 0) is 0 Å². The van der Waals surface area contributed by atoms with E-state index in [0.717, 1.165) is 0 Å². The molecule has 1 aromatic carbocycles. The van der Waals surface area contributed by atoms with Crippen molar-refractivity contribution in [3.05, 3.63) is 35.0 Å². The van der Waals surface area contributed by atoms with Crippen LogP contribution in [0.15, 0.2) is 28.7 Å². The number of furan rings is 1. The number of fused-ring (bicyclic) bond motifs is 1. The molecule has 0 radical (unpaired) electrons. The maximum Gasteiger partial charge on any atom is 0.286 e. The van der Waals surface area contributed by atoms with Crippen LogP contribution in [0.4, 0.5) is 0 Å². The number of hydrogen-bond acceptors (Lipinski definition) is 2. The molecule has 1 heterocycles. The van der Waals surface area contributed by atoms with Crippen LogP contribution in [0.3, 0.4) is 0 Å². The van der Waals surface area contributed by atoms with E-state index < -0.39 is 5.91 Å². The summed E-state index contributed by atoms with van der Waals surface area (Å²) >= 11 is 5.86. The highest BCUT2D eigenvalue weighted by Gasteiger charge is 2.15. The third-order valence-corrected chi connectivity index (χ3v) is 2.13. The van der Waals surface area contributed by atoms with Gasteiger partial charge in [-0.15, -0.1) is 0 Å². The van der Waals surface area contributed by atoms with E-state index in [1.54, 1.807) is 18.2 Å². The number of para-hydroxylation sites is 1. The standard InChI is InChI=1S/C9H6ClNO2/c10-7-5-3-1-2-4-6(5)13-8(7)9(11)12/h1-4H,(H2,11,12). The van der Waals surface area contributed by atoms with E-state index in [9.17, 15) is 4.79 Å². The lowest BCUT2D eigenvalue weighted by Crippen LogP contribution is -2.09. The molecular formula is C9H6ClNO2. The van der Waals surface area contributed by atoms with E-state index in [1.165, 1.54) is 0 Å². The van der Waals surface area contributed by atoms with Crippen molar-refractivity contribution in [3.63, 3.8) is 0 Å². The first-order chi connectivity index (χ1) is 6.20. The largest absolute Gasteiger partial charge is 0.449 e. The SMILES string of the molecule is NC(=O)c1oc2ccccc2c1Cl. The summed E-state index contributed by atoms with van der Waals surface area (Å²) in [5.74, 6) is -0.635. The summed E-state index contributed by atoms with van der Waals surface area (Å²) in [7, 11) is 0. The van der Waals surface area contributed by atoms with Crippen molar-refractivity contribution in [2.45, 2.75) is 0 Å². The lowest BCUT2D eigenvalue weighted by molar-refractivity contribution is 0.0976. The Kier molecular flexibility index (Phi) is 1.74. The summed E-state index contributed by atoms with van der Waals surface area (Å²) in [6, 6.07) is 7.11. The Hall–Kier alpha value is -1.48. The van der Waals surface area contributed by atoms with E-state index in [1.807, 2.05) is 6.07 Å². The molecule has 3 nitrogen and oxygen atoms in total. The molecule has 2 aromatic rings. The van der Waals surface area contributed by atoms with Crippen molar-refractivity contribution >= 4 is 28.5 Å². The maximum absolute atomic E-state index is 10.8. The van der Waals surface area contributed by atoms with Crippen molar-refractivity contribution in [1.82, 2.24) is 0 Å². The lowest BCUT2D eigenvalue weighted by Gasteiger charge is -1.86. The van der Waals surface area contributed by atoms with Gasteiger partial charge in [-0.05, 0) is 12.1 Å². The van der Waals surface area contributed by atoms with Crippen molar-refractivity contribution in [2.75, 3.05) is 0 Å². The molecule has 0 spiro atoms. The highest BCUT2D eigenvalue weighted by atomic mass is 35.5. The van der Waals surface area contributed by atoms with Crippen LogP contribution >= 0.6 is 11.6 Å².